The normalized spacial score (nSPS) is 35.6. The molecule has 2 aliphatic heterocycles. The average Bonchev–Trinajstić information content (AvgIpc) is 3.08. The molecular formula is C15H20N3O7+. The van der Waals surface area contributed by atoms with E-state index in [2.05, 4.69) is 5.29 Å². The zero-order chi connectivity index (χ0) is 18.1. The van der Waals surface area contributed by atoms with Crippen LogP contribution in [0.25, 0.3) is 0 Å². The Kier molecular flexibility index (Phi) is 4.95. The highest BCUT2D eigenvalue weighted by atomic mass is 16.6. The van der Waals surface area contributed by atoms with Crippen molar-refractivity contribution in [1.29, 1.82) is 0 Å². The van der Waals surface area contributed by atoms with Crippen LogP contribution in [-0.2, 0) is 9.53 Å². The summed E-state index contributed by atoms with van der Waals surface area (Å²) in [5.41, 5.74) is 0.753. The molecule has 10 heteroatoms. The molecule has 6 atom stereocenters. The number of pyridine rings is 1. The first kappa shape index (κ1) is 17.7. The molecule has 0 spiro atoms. The number of rotatable bonds is 4. The molecule has 3 heterocycles. The number of hydrogen-bond donors (Lipinski definition) is 4. The van der Waals surface area contributed by atoms with Crippen LogP contribution in [0.5, 0.6) is 0 Å². The third kappa shape index (κ3) is 3.21. The second kappa shape index (κ2) is 7.00. The van der Waals surface area contributed by atoms with Crippen LogP contribution in [-0.4, -0.2) is 62.4 Å². The van der Waals surface area contributed by atoms with Crippen molar-refractivity contribution in [2.45, 2.75) is 49.5 Å². The molecule has 0 aliphatic carbocycles. The van der Waals surface area contributed by atoms with Gasteiger partial charge in [0, 0.05) is 18.2 Å². The van der Waals surface area contributed by atoms with Crippen molar-refractivity contribution in [2.75, 3.05) is 6.54 Å². The lowest BCUT2D eigenvalue weighted by Crippen LogP contribution is -2.63. The first-order valence-corrected chi connectivity index (χ1v) is 7.97. The van der Waals surface area contributed by atoms with Gasteiger partial charge in [0.1, 0.15) is 12.2 Å². The summed E-state index contributed by atoms with van der Waals surface area (Å²) in [4.78, 5) is 22.1. The fourth-order valence-electron chi connectivity index (χ4n) is 3.37. The van der Waals surface area contributed by atoms with E-state index in [1.807, 2.05) is 0 Å². The molecule has 0 bridgehead atoms. The van der Waals surface area contributed by atoms with Gasteiger partial charge in [-0.05, 0) is 18.9 Å². The lowest BCUT2D eigenvalue weighted by atomic mass is 9.97. The summed E-state index contributed by atoms with van der Waals surface area (Å²) in [7, 11) is 0. The molecule has 3 rings (SSSR count). The Hall–Kier alpha value is -2.14. The van der Waals surface area contributed by atoms with Gasteiger partial charge in [-0.25, -0.2) is 4.79 Å². The van der Waals surface area contributed by atoms with E-state index < -0.39 is 36.6 Å². The highest BCUT2D eigenvalue weighted by Gasteiger charge is 2.51. The van der Waals surface area contributed by atoms with Crippen LogP contribution in [0, 0.1) is 4.91 Å². The van der Waals surface area contributed by atoms with Gasteiger partial charge in [0.15, 0.2) is 24.6 Å². The molecule has 0 saturated carbocycles. The summed E-state index contributed by atoms with van der Waals surface area (Å²) in [5, 5.41) is 43.4. The van der Waals surface area contributed by atoms with Gasteiger partial charge in [-0.3, -0.25) is 5.01 Å². The molecule has 25 heavy (non-hydrogen) atoms. The van der Waals surface area contributed by atoms with E-state index >= 15 is 0 Å². The zero-order valence-corrected chi connectivity index (χ0v) is 13.3. The smallest absolute Gasteiger partial charge is 0.335 e. The lowest BCUT2D eigenvalue weighted by Gasteiger charge is -2.35. The number of carbonyl (C=O) groups is 1. The standard InChI is InChI=1S/C15H19N3O7/c19-10-11(20)13(15(22)23)25-14(12(10)21)17-5-1-3-8(7-17)9-4-2-6-18(9)16-24/h1,3,5,7,9-14,19-21H,2,4,6H2/p+1/t9?,10?,11-,12?,13?,14+/m0/s1. The van der Waals surface area contributed by atoms with Crippen LogP contribution in [0.1, 0.15) is 30.7 Å². The quantitative estimate of drug-likeness (QED) is 0.392. The van der Waals surface area contributed by atoms with Crippen molar-refractivity contribution in [3.8, 4) is 0 Å². The molecule has 1 aromatic rings. The number of carboxylic acids is 1. The van der Waals surface area contributed by atoms with Crippen molar-refractivity contribution in [3.63, 3.8) is 0 Å². The Bertz CT molecular complexity index is 658. The largest absolute Gasteiger partial charge is 0.479 e. The van der Waals surface area contributed by atoms with Crippen LogP contribution in [0.2, 0.25) is 0 Å². The highest BCUT2D eigenvalue weighted by Crippen LogP contribution is 2.32. The fraction of sp³-hybridized carbons (Fsp3) is 0.600. The highest BCUT2D eigenvalue weighted by molar-refractivity contribution is 5.73. The zero-order valence-electron chi connectivity index (χ0n) is 13.3. The molecule has 0 aromatic carbocycles. The maximum atomic E-state index is 11.2. The van der Waals surface area contributed by atoms with Gasteiger partial charge < -0.3 is 25.2 Å². The fourth-order valence-corrected chi connectivity index (χ4v) is 3.37. The van der Waals surface area contributed by atoms with Gasteiger partial charge in [0.05, 0.1) is 11.3 Å². The predicted molar refractivity (Wildman–Crippen MR) is 80.7 cm³/mol. The Morgan fingerprint density at radius 1 is 1.28 bits per heavy atom. The maximum absolute atomic E-state index is 11.2. The van der Waals surface area contributed by atoms with E-state index in [4.69, 9.17) is 9.84 Å². The first-order chi connectivity index (χ1) is 11.9. The van der Waals surface area contributed by atoms with Gasteiger partial charge in [-0.15, -0.1) is 4.91 Å². The van der Waals surface area contributed by atoms with Crippen molar-refractivity contribution in [1.82, 2.24) is 5.01 Å². The maximum Gasteiger partial charge on any atom is 0.335 e. The van der Waals surface area contributed by atoms with Gasteiger partial charge in [0.25, 0.3) is 6.23 Å². The molecule has 4 N–H and O–H groups in total. The first-order valence-electron chi connectivity index (χ1n) is 7.97. The number of aliphatic hydroxyl groups excluding tert-OH is 3. The number of aliphatic hydroxyl groups is 3. The molecule has 2 aliphatic rings. The number of nitroso groups, excluding NO2 is 1. The van der Waals surface area contributed by atoms with E-state index in [1.54, 1.807) is 24.5 Å². The van der Waals surface area contributed by atoms with Crippen LogP contribution in [0.3, 0.4) is 0 Å². The van der Waals surface area contributed by atoms with Crippen molar-refractivity contribution >= 4 is 5.97 Å². The summed E-state index contributed by atoms with van der Waals surface area (Å²) < 4.78 is 6.73. The summed E-state index contributed by atoms with van der Waals surface area (Å²) in [6, 6.07) is 3.25. The minimum absolute atomic E-state index is 0.212. The van der Waals surface area contributed by atoms with Crippen molar-refractivity contribution < 1.29 is 34.5 Å². The van der Waals surface area contributed by atoms with Crippen LogP contribution in [0.15, 0.2) is 29.8 Å². The topological polar surface area (TPSA) is 144 Å². The number of hydrogen-bond acceptors (Lipinski definition) is 7. The van der Waals surface area contributed by atoms with E-state index in [0.717, 1.165) is 18.4 Å². The molecule has 2 fully saturated rings. The number of aliphatic carboxylic acids is 1. The number of nitrogens with zero attached hydrogens (tertiary/aromatic N) is 3. The molecule has 2 saturated heterocycles. The second-order valence-corrected chi connectivity index (χ2v) is 6.24. The molecule has 1 aromatic heterocycles. The molecule has 4 unspecified atom stereocenters. The third-order valence-corrected chi connectivity index (χ3v) is 4.68. The summed E-state index contributed by atoms with van der Waals surface area (Å²) in [6.07, 6.45) is -3.07. The molecular weight excluding hydrogens is 334 g/mol. The van der Waals surface area contributed by atoms with Crippen LogP contribution in [0.4, 0.5) is 0 Å². The molecule has 10 nitrogen and oxygen atoms in total. The Balaban J connectivity index is 1.89. The number of ether oxygens (including phenoxy) is 1. The predicted octanol–water partition coefficient (Wildman–Crippen LogP) is -1.14. The molecule has 0 amide bonds. The van der Waals surface area contributed by atoms with E-state index in [1.165, 1.54) is 9.58 Å². The van der Waals surface area contributed by atoms with E-state index in [-0.39, 0.29) is 6.04 Å². The average molecular weight is 354 g/mol. The number of aromatic nitrogens is 1. The lowest BCUT2D eigenvalue weighted by molar-refractivity contribution is -0.777. The Morgan fingerprint density at radius 2 is 2.04 bits per heavy atom. The monoisotopic (exact) mass is 354 g/mol. The second-order valence-electron chi connectivity index (χ2n) is 6.24. The SMILES string of the molecule is O=NN1CCCC1c1ccc[n+]([C@@H]2OC(C(=O)O)[C@@H](O)C(O)C2O)c1. The van der Waals surface area contributed by atoms with Gasteiger partial charge in [-0.1, -0.05) is 0 Å². The Morgan fingerprint density at radius 3 is 2.72 bits per heavy atom. The third-order valence-electron chi connectivity index (χ3n) is 4.68. The summed E-state index contributed by atoms with van der Waals surface area (Å²) in [6.45, 7) is 0.553. The summed E-state index contributed by atoms with van der Waals surface area (Å²) >= 11 is 0. The summed E-state index contributed by atoms with van der Waals surface area (Å²) in [5.74, 6) is -1.44. The molecule has 136 valence electrons. The van der Waals surface area contributed by atoms with Crippen LogP contribution < -0.4 is 4.57 Å². The minimum atomic E-state index is -1.74. The number of carboxylic acid groups (broad SMARTS) is 1. The Labute approximate surface area is 142 Å². The van der Waals surface area contributed by atoms with Crippen molar-refractivity contribution in [2.24, 2.45) is 5.29 Å². The van der Waals surface area contributed by atoms with E-state index in [0.29, 0.717) is 6.54 Å². The minimum Gasteiger partial charge on any atom is -0.479 e. The van der Waals surface area contributed by atoms with Gasteiger partial charge in [0.2, 0.25) is 0 Å². The van der Waals surface area contributed by atoms with E-state index in [9.17, 15) is 25.0 Å². The van der Waals surface area contributed by atoms with Crippen molar-refractivity contribution in [3.05, 3.63) is 35.0 Å². The van der Waals surface area contributed by atoms with Crippen LogP contribution >= 0.6 is 0 Å². The van der Waals surface area contributed by atoms with Gasteiger partial charge in [-0.2, -0.15) is 4.57 Å². The van der Waals surface area contributed by atoms with Gasteiger partial charge >= 0.3 is 5.97 Å². The molecule has 0 radical (unpaired) electrons.